The summed E-state index contributed by atoms with van der Waals surface area (Å²) in [4.78, 5) is 2.60. The van der Waals surface area contributed by atoms with Crippen molar-refractivity contribution in [2.75, 3.05) is 19.6 Å². The van der Waals surface area contributed by atoms with Crippen LogP contribution in [0.25, 0.3) is 0 Å². The first-order valence-electron chi connectivity index (χ1n) is 7.22. The highest BCUT2D eigenvalue weighted by Gasteiger charge is 2.22. The van der Waals surface area contributed by atoms with Gasteiger partial charge in [0.05, 0.1) is 0 Å². The monoisotopic (exact) mass is 224 g/mol. The minimum atomic E-state index is 0.426. The molecular weight excluding hydrogens is 196 g/mol. The number of hydrogen-bond donors (Lipinski definition) is 1. The molecule has 2 unspecified atom stereocenters. The number of piperidine rings is 1. The van der Waals surface area contributed by atoms with E-state index in [-0.39, 0.29) is 0 Å². The van der Waals surface area contributed by atoms with Crippen molar-refractivity contribution in [3.63, 3.8) is 0 Å². The summed E-state index contributed by atoms with van der Waals surface area (Å²) < 4.78 is 0. The van der Waals surface area contributed by atoms with Gasteiger partial charge in [0.1, 0.15) is 0 Å². The zero-order chi connectivity index (χ0) is 11.4. The van der Waals surface area contributed by atoms with Crippen molar-refractivity contribution < 1.29 is 0 Å². The molecule has 2 atom stereocenters. The Balaban J connectivity index is 1.68. The van der Waals surface area contributed by atoms with Gasteiger partial charge in [-0.05, 0) is 31.2 Å². The third-order valence-electron chi connectivity index (χ3n) is 4.35. The van der Waals surface area contributed by atoms with E-state index in [0.717, 1.165) is 18.4 Å². The molecule has 2 rings (SSSR count). The lowest BCUT2D eigenvalue weighted by Gasteiger charge is -2.35. The van der Waals surface area contributed by atoms with Crippen molar-refractivity contribution in [1.82, 2.24) is 4.90 Å². The maximum absolute atomic E-state index is 6.08. The summed E-state index contributed by atoms with van der Waals surface area (Å²) in [6, 6.07) is 0.426. The van der Waals surface area contributed by atoms with Crippen molar-refractivity contribution in [1.29, 1.82) is 0 Å². The fourth-order valence-electron chi connectivity index (χ4n) is 3.54. The van der Waals surface area contributed by atoms with Gasteiger partial charge in [-0.1, -0.05) is 39.0 Å². The van der Waals surface area contributed by atoms with Crippen LogP contribution in [0, 0.1) is 11.8 Å². The molecule has 1 aliphatic carbocycles. The molecule has 0 amide bonds. The van der Waals surface area contributed by atoms with Gasteiger partial charge in [0.2, 0.25) is 0 Å². The standard InChI is InChI=1S/C14H28N2/c1-12-9-14(15)11-16(10-12)8-7-13-5-3-2-4-6-13/h12-14H,2-11,15H2,1H3. The summed E-state index contributed by atoms with van der Waals surface area (Å²) in [5, 5.41) is 0. The summed E-state index contributed by atoms with van der Waals surface area (Å²) >= 11 is 0. The zero-order valence-corrected chi connectivity index (χ0v) is 10.8. The first kappa shape index (κ1) is 12.4. The molecule has 16 heavy (non-hydrogen) atoms. The van der Waals surface area contributed by atoms with E-state index in [1.54, 1.807) is 0 Å². The molecule has 0 aromatic rings. The molecule has 0 aromatic heterocycles. The molecular formula is C14H28N2. The van der Waals surface area contributed by atoms with Crippen LogP contribution in [0.15, 0.2) is 0 Å². The molecule has 2 nitrogen and oxygen atoms in total. The van der Waals surface area contributed by atoms with Crippen LogP contribution in [0.4, 0.5) is 0 Å². The molecule has 0 bridgehead atoms. The van der Waals surface area contributed by atoms with Crippen LogP contribution >= 0.6 is 0 Å². The second-order valence-corrected chi connectivity index (χ2v) is 6.15. The highest BCUT2D eigenvalue weighted by Crippen LogP contribution is 2.27. The predicted octanol–water partition coefficient (Wildman–Crippen LogP) is 2.63. The summed E-state index contributed by atoms with van der Waals surface area (Å²) in [7, 11) is 0. The lowest BCUT2D eigenvalue weighted by atomic mass is 9.86. The van der Waals surface area contributed by atoms with Crippen LogP contribution in [0.5, 0.6) is 0 Å². The van der Waals surface area contributed by atoms with E-state index in [1.807, 2.05) is 0 Å². The predicted molar refractivity (Wildman–Crippen MR) is 69.4 cm³/mol. The number of hydrogen-bond acceptors (Lipinski definition) is 2. The Hall–Kier alpha value is -0.0800. The quantitative estimate of drug-likeness (QED) is 0.798. The van der Waals surface area contributed by atoms with Gasteiger partial charge in [0, 0.05) is 19.1 Å². The van der Waals surface area contributed by atoms with E-state index in [0.29, 0.717) is 6.04 Å². The molecule has 94 valence electrons. The van der Waals surface area contributed by atoms with Crippen LogP contribution in [0.1, 0.15) is 51.9 Å². The van der Waals surface area contributed by atoms with Crippen LogP contribution < -0.4 is 5.73 Å². The molecule has 0 aromatic carbocycles. The van der Waals surface area contributed by atoms with Crippen LogP contribution in [0.3, 0.4) is 0 Å². The van der Waals surface area contributed by atoms with Gasteiger partial charge in [-0.2, -0.15) is 0 Å². The van der Waals surface area contributed by atoms with E-state index < -0.39 is 0 Å². The zero-order valence-electron chi connectivity index (χ0n) is 10.8. The molecule has 2 heteroatoms. The van der Waals surface area contributed by atoms with Crippen molar-refractivity contribution >= 4 is 0 Å². The van der Waals surface area contributed by atoms with Gasteiger partial charge in [0.25, 0.3) is 0 Å². The second kappa shape index (κ2) is 6.02. The van der Waals surface area contributed by atoms with Crippen LogP contribution in [0.2, 0.25) is 0 Å². The molecule has 2 fully saturated rings. The van der Waals surface area contributed by atoms with Gasteiger partial charge in [-0.15, -0.1) is 0 Å². The van der Waals surface area contributed by atoms with E-state index in [4.69, 9.17) is 5.73 Å². The third kappa shape index (κ3) is 3.74. The summed E-state index contributed by atoms with van der Waals surface area (Å²) in [6.07, 6.45) is 10.0. The van der Waals surface area contributed by atoms with Crippen molar-refractivity contribution in [2.24, 2.45) is 17.6 Å². The molecule has 2 N–H and O–H groups in total. The number of rotatable bonds is 3. The third-order valence-corrected chi connectivity index (χ3v) is 4.35. The van der Waals surface area contributed by atoms with Crippen LogP contribution in [-0.2, 0) is 0 Å². The SMILES string of the molecule is CC1CC(N)CN(CCC2CCCCC2)C1. The van der Waals surface area contributed by atoms with E-state index in [1.165, 1.54) is 58.0 Å². The maximum atomic E-state index is 6.08. The lowest BCUT2D eigenvalue weighted by Crippen LogP contribution is -2.46. The first-order chi connectivity index (χ1) is 7.74. The molecule has 1 heterocycles. The molecule has 1 saturated carbocycles. The Morgan fingerprint density at radius 1 is 1.12 bits per heavy atom. The van der Waals surface area contributed by atoms with Gasteiger partial charge in [-0.3, -0.25) is 0 Å². The fraction of sp³-hybridized carbons (Fsp3) is 1.00. The van der Waals surface area contributed by atoms with Crippen molar-refractivity contribution in [2.45, 2.75) is 57.9 Å². The van der Waals surface area contributed by atoms with Gasteiger partial charge < -0.3 is 10.6 Å². The second-order valence-electron chi connectivity index (χ2n) is 6.15. The Bertz CT molecular complexity index is 189. The normalized spacial score (nSPS) is 34.1. The largest absolute Gasteiger partial charge is 0.327 e. The Morgan fingerprint density at radius 3 is 2.56 bits per heavy atom. The van der Waals surface area contributed by atoms with Crippen molar-refractivity contribution in [3.8, 4) is 0 Å². The van der Waals surface area contributed by atoms with Gasteiger partial charge in [0.15, 0.2) is 0 Å². The highest BCUT2D eigenvalue weighted by molar-refractivity contribution is 4.80. The van der Waals surface area contributed by atoms with Gasteiger partial charge >= 0.3 is 0 Å². The molecule has 1 saturated heterocycles. The molecule has 0 spiro atoms. The fourth-order valence-corrected chi connectivity index (χ4v) is 3.54. The Morgan fingerprint density at radius 2 is 1.88 bits per heavy atom. The molecule has 0 radical (unpaired) electrons. The lowest BCUT2D eigenvalue weighted by molar-refractivity contribution is 0.150. The average Bonchev–Trinajstić information content (AvgIpc) is 2.27. The first-order valence-corrected chi connectivity index (χ1v) is 7.22. The number of nitrogens with zero attached hydrogens (tertiary/aromatic N) is 1. The average molecular weight is 224 g/mol. The highest BCUT2D eigenvalue weighted by atomic mass is 15.1. The number of nitrogens with two attached hydrogens (primary N) is 1. The smallest absolute Gasteiger partial charge is 0.0170 e. The van der Waals surface area contributed by atoms with E-state index in [2.05, 4.69) is 11.8 Å². The summed E-state index contributed by atoms with van der Waals surface area (Å²) in [5.41, 5.74) is 6.08. The molecule has 2 aliphatic rings. The van der Waals surface area contributed by atoms with Crippen LogP contribution in [-0.4, -0.2) is 30.6 Å². The van der Waals surface area contributed by atoms with E-state index >= 15 is 0 Å². The topological polar surface area (TPSA) is 29.3 Å². The summed E-state index contributed by atoms with van der Waals surface area (Å²) in [6.45, 7) is 6.05. The van der Waals surface area contributed by atoms with Gasteiger partial charge in [-0.25, -0.2) is 0 Å². The maximum Gasteiger partial charge on any atom is 0.0170 e. The van der Waals surface area contributed by atoms with Crippen molar-refractivity contribution in [3.05, 3.63) is 0 Å². The Labute approximate surface area is 101 Å². The molecule has 1 aliphatic heterocycles. The van der Waals surface area contributed by atoms with E-state index in [9.17, 15) is 0 Å². The minimum absolute atomic E-state index is 0.426. The Kier molecular flexibility index (Phi) is 4.66. The number of likely N-dealkylation sites (tertiary alicyclic amines) is 1. The summed E-state index contributed by atoms with van der Waals surface area (Å²) in [5.74, 6) is 1.82. The minimum Gasteiger partial charge on any atom is -0.327 e.